The summed E-state index contributed by atoms with van der Waals surface area (Å²) in [6.45, 7) is 8.21. The van der Waals surface area contributed by atoms with E-state index >= 15 is 0 Å². The second-order valence-electron chi connectivity index (χ2n) is 3.08. The van der Waals surface area contributed by atoms with Crippen LogP contribution in [0.4, 0.5) is 0 Å². The fourth-order valence-corrected chi connectivity index (χ4v) is 2.35. The molecule has 0 N–H and O–H groups in total. The molecule has 13 heavy (non-hydrogen) atoms. The predicted octanol–water partition coefficient (Wildman–Crippen LogP) is 3.24. The standard InChI is InChI=1S/C10H22BrNS/c1-3-5-7-12(8-6-11)9-10-13-4-2/h3-10H2,1-2H3. The number of rotatable bonds is 9. The molecule has 0 radical (unpaired) electrons. The molecule has 0 spiro atoms. The van der Waals surface area contributed by atoms with Crippen LogP contribution in [0.1, 0.15) is 26.7 Å². The van der Waals surface area contributed by atoms with Gasteiger partial charge in [0.05, 0.1) is 0 Å². The minimum Gasteiger partial charge on any atom is -0.302 e. The van der Waals surface area contributed by atoms with Crippen molar-refractivity contribution in [3.8, 4) is 0 Å². The summed E-state index contributed by atoms with van der Waals surface area (Å²) in [5, 5.41) is 1.10. The number of hydrogen-bond donors (Lipinski definition) is 0. The van der Waals surface area contributed by atoms with Gasteiger partial charge < -0.3 is 4.90 Å². The first-order valence-corrected chi connectivity index (χ1v) is 7.48. The molecule has 80 valence electrons. The van der Waals surface area contributed by atoms with Crippen molar-refractivity contribution in [3.05, 3.63) is 0 Å². The molecule has 0 aliphatic carbocycles. The summed E-state index contributed by atoms with van der Waals surface area (Å²) >= 11 is 5.54. The fourth-order valence-electron chi connectivity index (χ4n) is 1.17. The third kappa shape index (κ3) is 9.10. The van der Waals surface area contributed by atoms with Crippen LogP contribution < -0.4 is 0 Å². The lowest BCUT2D eigenvalue weighted by Gasteiger charge is -2.20. The van der Waals surface area contributed by atoms with E-state index in [-0.39, 0.29) is 0 Å². The van der Waals surface area contributed by atoms with Crippen LogP contribution in [0.25, 0.3) is 0 Å². The highest BCUT2D eigenvalue weighted by atomic mass is 79.9. The molecular formula is C10H22BrNS. The highest BCUT2D eigenvalue weighted by Crippen LogP contribution is 2.02. The number of alkyl halides is 1. The molecule has 0 heterocycles. The predicted molar refractivity (Wildman–Crippen MR) is 68.1 cm³/mol. The maximum Gasteiger partial charge on any atom is 0.0159 e. The molecule has 0 saturated carbocycles. The van der Waals surface area contributed by atoms with E-state index in [9.17, 15) is 0 Å². The van der Waals surface area contributed by atoms with Crippen molar-refractivity contribution in [3.63, 3.8) is 0 Å². The molecule has 0 aliphatic heterocycles. The van der Waals surface area contributed by atoms with Crippen molar-refractivity contribution in [2.45, 2.75) is 26.7 Å². The largest absolute Gasteiger partial charge is 0.302 e. The lowest BCUT2D eigenvalue weighted by molar-refractivity contribution is 0.304. The van der Waals surface area contributed by atoms with Crippen LogP contribution >= 0.6 is 27.7 Å². The summed E-state index contributed by atoms with van der Waals surface area (Å²) in [5.41, 5.74) is 0. The van der Waals surface area contributed by atoms with Gasteiger partial charge in [-0.1, -0.05) is 36.2 Å². The second-order valence-corrected chi connectivity index (χ2v) is 5.27. The van der Waals surface area contributed by atoms with Crippen molar-refractivity contribution in [1.82, 2.24) is 4.90 Å². The van der Waals surface area contributed by atoms with E-state index in [1.165, 1.54) is 44.0 Å². The third-order valence-corrected chi connectivity index (χ3v) is 3.22. The van der Waals surface area contributed by atoms with E-state index in [0.29, 0.717) is 0 Å². The summed E-state index contributed by atoms with van der Waals surface area (Å²) < 4.78 is 0. The topological polar surface area (TPSA) is 3.24 Å². The van der Waals surface area contributed by atoms with Gasteiger partial charge in [-0.05, 0) is 18.7 Å². The summed E-state index contributed by atoms with van der Waals surface area (Å²) in [4.78, 5) is 2.56. The van der Waals surface area contributed by atoms with E-state index in [1.807, 2.05) is 11.8 Å². The van der Waals surface area contributed by atoms with Crippen LogP contribution in [-0.4, -0.2) is 41.4 Å². The van der Waals surface area contributed by atoms with Gasteiger partial charge in [-0.2, -0.15) is 11.8 Å². The summed E-state index contributed by atoms with van der Waals surface area (Å²) in [5.74, 6) is 2.53. The van der Waals surface area contributed by atoms with Gasteiger partial charge in [-0.3, -0.25) is 0 Å². The molecule has 3 heteroatoms. The number of unbranched alkanes of at least 4 members (excludes halogenated alkanes) is 1. The van der Waals surface area contributed by atoms with E-state index in [0.717, 1.165) is 5.33 Å². The number of hydrogen-bond acceptors (Lipinski definition) is 2. The SMILES string of the molecule is CCCCN(CCBr)CCSCC. The molecular weight excluding hydrogens is 246 g/mol. The molecule has 0 bridgehead atoms. The second kappa shape index (κ2) is 10.9. The first-order valence-electron chi connectivity index (χ1n) is 5.21. The van der Waals surface area contributed by atoms with Gasteiger partial charge in [0.1, 0.15) is 0 Å². The Balaban J connectivity index is 3.41. The molecule has 0 saturated heterocycles. The van der Waals surface area contributed by atoms with Crippen LogP contribution in [0.2, 0.25) is 0 Å². The molecule has 0 aliphatic rings. The molecule has 0 aromatic carbocycles. The minimum absolute atomic E-state index is 1.10. The smallest absolute Gasteiger partial charge is 0.0159 e. The zero-order chi connectivity index (χ0) is 9.94. The van der Waals surface area contributed by atoms with Gasteiger partial charge in [0.25, 0.3) is 0 Å². The lowest BCUT2D eigenvalue weighted by Crippen LogP contribution is -2.29. The molecule has 0 unspecified atom stereocenters. The third-order valence-electron chi connectivity index (χ3n) is 1.98. The number of nitrogens with zero attached hydrogens (tertiary/aromatic N) is 1. The van der Waals surface area contributed by atoms with Crippen molar-refractivity contribution in [1.29, 1.82) is 0 Å². The normalized spacial score (nSPS) is 11.1. The van der Waals surface area contributed by atoms with E-state index in [2.05, 4.69) is 34.7 Å². The Morgan fingerprint density at radius 3 is 2.46 bits per heavy atom. The van der Waals surface area contributed by atoms with Crippen LogP contribution in [0.3, 0.4) is 0 Å². The highest BCUT2D eigenvalue weighted by Gasteiger charge is 2.02. The molecule has 0 aromatic heterocycles. The van der Waals surface area contributed by atoms with Gasteiger partial charge in [0.15, 0.2) is 0 Å². The molecule has 0 atom stereocenters. The van der Waals surface area contributed by atoms with Gasteiger partial charge in [-0.25, -0.2) is 0 Å². The zero-order valence-corrected chi connectivity index (χ0v) is 11.3. The Morgan fingerprint density at radius 2 is 1.92 bits per heavy atom. The number of thioether (sulfide) groups is 1. The zero-order valence-electron chi connectivity index (χ0n) is 8.89. The van der Waals surface area contributed by atoms with Crippen molar-refractivity contribution in [2.75, 3.05) is 36.5 Å². The van der Waals surface area contributed by atoms with Gasteiger partial charge in [0.2, 0.25) is 0 Å². The fraction of sp³-hybridized carbons (Fsp3) is 1.00. The number of halogens is 1. The minimum atomic E-state index is 1.10. The first kappa shape index (κ1) is 13.8. The quantitative estimate of drug-likeness (QED) is 0.466. The maximum atomic E-state index is 3.50. The van der Waals surface area contributed by atoms with Crippen molar-refractivity contribution in [2.24, 2.45) is 0 Å². The van der Waals surface area contributed by atoms with E-state index < -0.39 is 0 Å². The summed E-state index contributed by atoms with van der Waals surface area (Å²) in [6, 6.07) is 0. The monoisotopic (exact) mass is 267 g/mol. The van der Waals surface area contributed by atoms with Gasteiger partial charge in [0, 0.05) is 24.2 Å². The Morgan fingerprint density at radius 1 is 1.15 bits per heavy atom. The van der Waals surface area contributed by atoms with Crippen LogP contribution in [0.15, 0.2) is 0 Å². The molecule has 0 amide bonds. The average molecular weight is 268 g/mol. The van der Waals surface area contributed by atoms with Crippen LogP contribution in [-0.2, 0) is 0 Å². The maximum absolute atomic E-state index is 3.50. The highest BCUT2D eigenvalue weighted by molar-refractivity contribution is 9.09. The molecule has 1 nitrogen and oxygen atoms in total. The van der Waals surface area contributed by atoms with E-state index in [1.54, 1.807) is 0 Å². The summed E-state index contributed by atoms with van der Waals surface area (Å²) in [7, 11) is 0. The Hall–Kier alpha value is 0.790. The molecule has 0 rings (SSSR count). The van der Waals surface area contributed by atoms with Crippen molar-refractivity contribution >= 4 is 27.7 Å². The van der Waals surface area contributed by atoms with Crippen molar-refractivity contribution < 1.29 is 0 Å². The molecule has 0 fully saturated rings. The Labute approximate surface area is 95.8 Å². The van der Waals surface area contributed by atoms with Crippen LogP contribution in [0.5, 0.6) is 0 Å². The Kier molecular flexibility index (Phi) is 11.5. The Bertz CT molecular complexity index is 101. The van der Waals surface area contributed by atoms with Gasteiger partial charge in [-0.15, -0.1) is 0 Å². The van der Waals surface area contributed by atoms with Gasteiger partial charge >= 0.3 is 0 Å². The lowest BCUT2D eigenvalue weighted by atomic mass is 10.3. The summed E-state index contributed by atoms with van der Waals surface area (Å²) in [6.07, 6.45) is 2.64. The first-order chi connectivity index (χ1) is 6.35. The average Bonchev–Trinajstić information content (AvgIpc) is 2.14. The van der Waals surface area contributed by atoms with Crippen LogP contribution in [0, 0.1) is 0 Å². The van der Waals surface area contributed by atoms with E-state index in [4.69, 9.17) is 0 Å². The molecule has 0 aromatic rings.